The first-order chi connectivity index (χ1) is 12.3. The van der Waals surface area contributed by atoms with Gasteiger partial charge in [-0.15, -0.1) is 0 Å². The summed E-state index contributed by atoms with van der Waals surface area (Å²) in [6, 6.07) is 2.47. The van der Waals surface area contributed by atoms with Crippen molar-refractivity contribution in [2.45, 2.75) is 25.6 Å². The van der Waals surface area contributed by atoms with Crippen LogP contribution in [0.5, 0.6) is 0 Å². The third-order valence-corrected chi connectivity index (χ3v) is 5.34. The van der Waals surface area contributed by atoms with E-state index in [2.05, 4.69) is 31.5 Å². The Morgan fingerprint density at radius 3 is 2.88 bits per heavy atom. The molecule has 7 nitrogen and oxygen atoms in total. The topological polar surface area (TPSA) is 51.4 Å². The molecule has 2 bridgehead atoms. The third kappa shape index (κ3) is 4.11. The van der Waals surface area contributed by atoms with Crippen molar-refractivity contribution in [3.8, 4) is 0 Å². The first kappa shape index (κ1) is 16.8. The predicted octanol–water partition coefficient (Wildman–Crippen LogP) is 0.840. The minimum Gasteiger partial charge on any atom is -0.379 e. The second-order valence-corrected chi connectivity index (χ2v) is 7.32. The van der Waals surface area contributed by atoms with E-state index in [0.717, 1.165) is 64.7 Å². The maximum Gasteiger partial charge on any atom is 0.122 e. The highest BCUT2D eigenvalue weighted by molar-refractivity contribution is 4.94. The minimum absolute atomic E-state index is 0.477. The maximum atomic E-state index is 5.94. The Bertz CT molecular complexity index is 654. The van der Waals surface area contributed by atoms with E-state index in [4.69, 9.17) is 4.74 Å². The molecule has 2 aromatic heterocycles. The Kier molecular flexibility index (Phi) is 5.14. The van der Waals surface area contributed by atoms with Gasteiger partial charge in [-0.2, -0.15) is 5.10 Å². The predicted molar refractivity (Wildman–Crippen MR) is 95.0 cm³/mol. The molecule has 0 aliphatic carbocycles. The van der Waals surface area contributed by atoms with Crippen LogP contribution < -0.4 is 0 Å². The van der Waals surface area contributed by atoms with Crippen molar-refractivity contribution in [3.63, 3.8) is 0 Å². The quantitative estimate of drug-likeness (QED) is 0.777. The van der Waals surface area contributed by atoms with Gasteiger partial charge in [0.2, 0.25) is 0 Å². The van der Waals surface area contributed by atoms with Gasteiger partial charge in [0, 0.05) is 76.5 Å². The molecule has 0 radical (unpaired) electrons. The SMILES string of the molecule is Cn1ccnc1CN1C[C@@H]2COC[C@H](C1)N(CCCn1cccn1)C2. The molecule has 0 aromatic carbocycles. The molecule has 2 atom stereocenters. The first-order valence-electron chi connectivity index (χ1n) is 9.25. The average molecular weight is 344 g/mol. The summed E-state index contributed by atoms with van der Waals surface area (Å²) in [5.74, 6) is 1.73. The van der Waals surface area contributed by atoms with Crippen molar-refractivity contribution in [1.82, 2.24) is 29.1 Å². The number of ether oxygens (including phenoxy) is 1. The smallest absolute Gasteiger partial charge is 0.122 e. The lowest BCUT2D eigenvalue weighted by Crippen LogP contribution is -2.44. The van der Waals surface area contributed by atoms with Gasteiger partial charge in [-0.25, -0.2) is 4.98 Å². The van der Waals surface area contributed by atoms with Crippen LogP contribution in [0.1, 0.15) is 12.2 Å². The van der Waals surface area contributed by atoms with Crippen LogP contribution >= 0.6 is 0 Å². The fourth-order valence-electron chi connectivity index (χ4n) is 4.05. The van der Waals surface area contributed by atoms with Gasteiger partial charge in [0.1, 0.15) is 5.82 Å². The van der Waals surface area contributed by atoms with E-state index in [1.165, 1.54) is 0 Å². The summed E-state index contributed by atoms with van der Waals surface area (Å²) < 4.78 is 10.1. The summed E-state index contributed by atoms with van der Waals surface area (Å²) in [5, 5.41) is 4.30. The van der Waals surface area contributed by atoms with Crippen molar-refractivity contribution >= 4 is 0 Å². The molecule has 4 heterocycles. The van der Waals surface area contributed by atoms with Crippen LogP contribution in [0.25, 0.3) is 0 Å². The molecule has 7 heteroatoms. The van der Waals surface area contributed by atoms with E-state index >= 15 is 0 Å². The number of aryl methyl sites for hydroxylation is 2. The van der Waals surface area contributed by atoms with Gasteiger partial charge in [0.05, 0.1) is 19.8 Å². The zero-order chi connectivity index (χ0) is 17.1. The Hall–Kier alpha value is -1.70. The minimum atomic E-state index is 0.477. The molecule has 25 heavy (non-hydrogen) atoms. The number of aromatic nitrogens is 4. The van der Waals surface area contributed by atoms with Crippen molar-refractivity contribution in [2.24, 2.45) is 13.0 Å². The molecule has 4 rings (SSSR count). The van der Waals surface area contributed by atoms with E-state index < -0.39 is 0 Å². The van der Waals surface area contributed by atoms with Crippen molar-refractivity contribution in [1.29, 1.82) is 0 Å². The fourth-order valence-corrected chi connectivity index (χ4v) is 4.05. The van der Waals surface area contributed by atoms with Crippen LogP contribution in [0.2, 0.25) is 0 Å². The molecule has 0 spiro atoms. The van der Waals surface area contributed by atoms with Gasteiger partial charge in [0.15, 0.2) is 0 Å². The van der Waals surface area contributed by atoms with Crippen LogP contribution in [0.3, 0.4) is 0 Å². The first-order valence-corrected chi connectivity index (χ1v) is 9.25. The second kappa shape index (κ2) is 7.68. The van der Waals surface area contributed by atoms with Crippen LogP contribution in [0.15, 0.2) is 30.9 Å². The average Bonchev–Trinajstić information content (AvgIpc) is 3.15. The number of hydrogen-bond donors (Lipinski definition) is 0. The summed E-state index contributed by atoms with van der Waals surface area (Å²) in [6.45, 7) is 8.04. The zero-order valence-electron chi connectivity index (χ0n) is 15.0. The summed E-state index contributed by atoms with van der Waals surface area (Å²) >= 11 is 0. The highest BCUT2D eigenvalue weighted by Gasteiger charge is 2.33. The van der Waals surface area contributed by atoms with Crippen molar-refractivity contribution in [3.05, 3.63) is 36.7 Å². The van der Waals surface area contributed by atoms with Gasteiger partial charge in [-0.1, -0.05) is 0 Å². The number of fused-ring (bicyclic) bond motifs is 3. The van der Waals surface area contributed by atoms with Crippen LogP contribution in [0.4, 0.5) is 0 Å². The highest BCUT2D eigenvalue weighted by Crippen LogP contribution is 2.21. The Morgan fingerprint density at radius 2 is 2.08 bits per heavy atom. The van der Waals surface area contributed by atoms with E-state index in [0.29, 0.717) is 12.0 Å². The monoisotopic (exact) mass is 344 g/mol. The van der Waals surface area contributed by atoms with Crippen LogP contribution in [-0.2, 0) is 24.9 Å². The normalized spacial score (nSPS) is 25.2. The molecule has 0 saturated carbocycles. The number of imidazole rings is 1. The molecule has 2 fully saturated rings. The molecule has 0 amide bonds. The second-order valence-electron chi connectivity index (χ2n) is 7.32. The summed E-state index contributed by atoms with van der Waals surface area (Å²) in [5.41, 5.74) is 0. The third-order valence-electron chi connectivity index (χ3n) is 5.34. The Balaban J connectivity index is 1.37. The van der Waals surface area contributed by atoms with E-state index in [1.54, 1.807) is 0 Å². The van der Waals surface area contributed by atoms with Gasteiger partial charge in [-0.3, -0.25) is 14.5 Å². The molecular formula is C18H28N6O. The van der Waals surface area contributed by atoms with Gasteiger partial charge in [-0.05, 0) is 12.5 Å². The van der Waals surface area contributed by atoms with Crippen LogP contribution in [-0.4, -0.2) is 74.6 Å². The standard InChI is InChI=1S/C18H28N6O/c1-21-9-5-19-18(21)13-22-10-16-11-23(17(12-22)15-25-14-16)6-3-8-24-7-2-4-20-24/h2,4-5,7,9,16-17H,3,6,8,10-15H2,1H3/t16-,17-/m0/s1. The van der Waals surface area contributed by atoms with E-state index in [-0.39, 0.29) is 0 Å². The van der Waals surface area contributed by atoms with Gasteiger partial charge < -0.3 is 9.30 Å². The van der Waals surface area contributed by atoms with Crippen molar-refractivity contribution < 1.29 is 4.74 Å². The molecule has 2 aromatic rings. The fraction of sp³-hybridized carbons (Fsp3) is 0.667. The molecule has 136 valence electrons. The number of nitrogens with zero attached hydrogens (tertiary/aromatic N) is 6. The maximum absolute atomic E-state index is 5.94. The highest BCUT2D eigenvalue weighted by atomic mass is 16.5. The lowest BCUT2D eigenvalue weighted by atomic mass is 10.1. The van der Waals surface area contributed by atoms with Gasteiger partial charge >= 0.3 is 0 Å². The lowest BCUT2D eigenvalue weighted by Gasteiger charge is -2.31. The van der Waals surface area contributed by atoms with Crippen LogP contribution in [0, 0.1) is 5.92 Å². The zero-order valence-corrected chi connectivity index (χ0v) is 15.0. The number of rotatable bonds is 6. The van der Waals surface area contributed by atoms with E-state index in [9.17, 15) is 0 Å². The molecule has 0 unspecified atom stereocenters. The molecule has 2 saturated heterocycles. The summed E-state index contributed by atoms with van der Waals surface area (Å²) in [6.07, 6.45) is 8.93. The molecule has 2 aliphatic rings. The van der Waals surface area contributed by atoms with Crippen molar-refractivity contribution in [2.75, 3.05) is 39.4 Å². The molecule has 0 N–H and O–H groups in total. The van der Waals surface area contributed by atoms with Gasteiger partial charge in [0.25, 0.3) is 0 Å². The molecule has 2 aliphatic heterocycles. The summed E-state index contributed by atoms with van der Waals surface area (Å²) in [4.78, 5) is 9.70. The Morgan fingerprint density at radius 1 is 1.12 bits per heavy atom. The largest absolute Gasteiger partial charge is 0.379 e. The summed E-state index contributed by atoms with van der Waals surface area (Å²) in [7, 11) is 2.08. The lowest BCUT2D eigenvalue weighted by molar-refractivity contribution is 0.0469. The van der Waals surface area contributed by atoms with E-state index in [1.807, 2.05) is 35.5 Å². The number of hydrogen-bond acceptors (Lipinski definition) is 5. The Labute approximate surface area is 149 Å². The molecular weight excluding hydrogens is 316 g/mol.